The lowest BCUT2D eigenvalue weighted by atomic mass is 9.83. The summed E-state index contributed by atoms with van der Waals surface area (Å²) in [6.45, 7) is 4.44. The van der Waals surface area contributed by atoms with Crippen LogP contribution in [0.2, 0.25) is 0 Å². The molecule has 1 aromatic heterocycles. The Morgan fingerprint density at radius 3 is 2.63 bits per heavy atom. The highest BCUT2D eigenvalue weighted by atomic mass is 16.6. The van der Waals surface area contributed by atoms with E-state index in [-0.39, 0.29) is 23.3 Å². The van der Waals surface area contributed by atoms with Gasteiger partial charge in [-0.05, 0) is 5.92 Å². The Bertz CT molecular complexity index is 499. The summed E-state index contributed by atoms with van der Waals surface area (Å²) < 4.78 is 4.88. The molecular formula is C11H16N4O4. The number of anilines is 1. The van der Waals surface area contributed by atoms with Crippen LogP contribution in [0.25, 0.3) is 0 Å². The SMILES string of the molecule is COc1ncnc(N2CC(O)(C(C)C)C2)c1[N+](=O)[O-]. The molecule has 0 amide bonds. The molecule has 1 aliphatic rings. The first-order chi connectivity index (χ1) is 8.89. The molecule has 1 aliphatic heterocycles. The number of nitro groups is 1. The van der Waals surface area contributed by atoms with Crippen LogP contribution in [0.1, 0.15) is 13.8 Å². The quantitative estimate of drug-likeness (QED) is 0.630. The average molecular weight is 268 g/mol. The zero-order valence-corrected chi connectivity index (χ0v) is 11.0. The minimum absolute atomic E-state index is 0.0741. The predicted octanol–water partition coefficient (Wildman–Crippen LogP) is 0.601. The van der Waals surface area contributed by atoms with E-state index in [4.69, 9.17) is 4.74 Å². The van der Waals surface area contributed by atoms with Gasteiger partial charge in [-0.15, -0.1) is 0 Å². The van der Waals surface area contributed by atoms with E-state index in [1.165, 1.54) is 13.4 Å². The number of hydrogen-bond donors (Lipinski definition) is 1. The number of rotatable bonds is 4. The zero-order valence-electron chi connectivity index (χ0n) is 11.0. The van der Waals surface area contributed by atoms with Crippen LogP contribution in [0.4, 0.5) is 11.5 Å². The number of methoxy groups -OCH3 is 1. The van der Waals surface area contributed by atoms with Gasteiger partial charge in [0.1, 0.15) is 11.9 Å². The van der Waals surface area contributed by atoms with Crippen molar-refractivity contribution in [3.8, 4) is 5.88 Å². The number of aromatic nitrogens is 2. The number of hydrogen-bond acceptors (Lipinski definition) is 7. The van der Waals surface area contributed by atoms with E-state index in [9.17, 15) is 15.2 Å². The molecule has 8 nitrogen and oxygen atoms in total. The first-order valence-electron chi connectivity index (χ1n) is 5.89. The number of ether oxygens (including phenoxy) is 1. The second kappa shape index (κ2) is 4.61. The molecule has 0 atom stereocenters. The van der Waals surface area contributed by atoms with Gasteiger partial charge >= 0.3 is 5.69 Å². The maximum atomic E-state index is 11.1. The van der Waals surface area contributed by atoms with Crippen molar-refractivity contribution in [2.45, 2.75) is 19.4 Å². The smallest absolute Gasteiger partial charge is 0.372 e. The largest absolute Gasteiger partial charge is 0.476 e. The molecule has 0 aromatic carbocycles. The molecule has 104 valence electrons. The Labute approximate surface area is 110 Å². The van der Waals surface area contributed by atoms with Crippen LogP contribution in [0.3, 0.4) is 0 Å². The summed E-state index contributed by atoms with van der Waals surface area (Å²) in [7, 11) is 1.32. The summed E-state index contributed by atoms with van der Waals surface area (Å²) >= 11 is 0. The van der Waals surface area contributed by atoms with E-state index >= 15 is 0 Å². The molecule has 1 aromatic rings. The average Bonchev–Trinajstić information content (AvgIpc) is 2.33. The molecule has 0 unspecified atom stereocenters. The van der Waals surface area contributed by atoms with Crippen LogP contribution in [-0.2, 0) is 0 Å². The molecule has 0 spiro atoms. The van der Waals surface area contributed by atoms with Gasteiger partial charge in [0, 0.05) is 0 Å². The second-order valence-corrected chi connectivity index (χ2v) is 4.93. The molecule has 2 rings (SSSR count). The first kappa shape index (κ1) is 13.5. The molecular weight excluding hydrogens is 252 g/mol. The fourth-order valence-corrected chi connectivity index (χ4v) is 2.02. The van der Waals surface area contributed by atoms with Gasteiger partial charge in [0.15, 0.2) is 0 Å². The second-order valence-electron chi connectivity index (χ2n) is 4.93. The highest BCUT2D eigenvalue weighted by Gasteiger charge is 2.46. The number of β-amino-alcohol motifs (C(OH)–C–C–N with tert-alkyl or cyclic N) is 1. The van der Waals surface area contributed by atoms with Crippen LogP contribution in [0, 0.1) is 16.0 Å². The molecule has 8 heteroatoms. The molecule has 19 heavy (non-hydrogen) atoms. The normalized spacial score (nSPS) is 17.2. The Morgan fingerprint density at radius 1 is 1.53 bits per heavy atom. The van der Waals surface area contributed by atoms with Crippen molar-refractivity contribution in [1.29, 1.82) is 0 Å². The lowest BCUT2D eigenvalue weighted by Crippen LogP contribution is -2.65. The third-order valence-electron chi connectivity index (χ3n) is 3.45. The van der Waals surface area contributed by atoms with Crippen molar-refractivity contribution in [3.05, 3.63) is 16.4 Å². The van der Waals surface area contributed by atoms with Gasteiger partial charge in [-0.25, -0.2) is 4.98 Å². The Morgan fingerprint density at radius 2 is 2.16 bits per heavy atom. The van der Waals surface area contributed by atoms with Crippen molar-refractivity contribution in [2.75, 3.05) is 25.1 Å². The molecule has 0 radical (unpaired) electrons. The molecule has 2 heterocycles. The van der Waals surface area contributed by atoms with Crippen LogP contribution >= 0.6 is 0 Å². The summed E-state index contributed by atoms with van der Waals surface area (Å²) in [6, 6.07) is 0. The van der Waals surface area contributed by atoms with Gasteiger partial charge in [-0.2, -0.15) is 4.98 Å². The molecule has 1 saturated heterocycles. The van der Waals surface area contributed by atoms with Crippen LogP contribution in [-0.4, -0.2) is 45.8 Å². The van der Waals surface area contributed by atoms with Crippen molar-refractivity contribution in [3.63, 3.8) is 0 Å². The summed E-state index contributed by atoms with van der Waals surface area (Å²) in [5.74, 6) is 0.184. The molecule has 0 aliphatic carbocycles. The minimum atomic E-state index is -0.827. The van der Waals surface area contributed by atoms with Crippen LogP contribution in [0.5, 0.6) is 5.88 Å². The van der Waals surface area contributed by atoms with Gasteiger partial charge in [-0.3, -0.25) is 10.1 Å². The summed E-state index contributed by atoms with van der Waals surface area (Å²) in [5.41, 5.74) is -1.10. The Balaban J connectivity index is 2.30. The highest BCUT2D eigenvalue weighted by molar-refractivity contribution is 5.64. The van der Waals surface area contributed by atoms with Crippen LogP contribution < -0.4 is 9.64 Å². The lowest BCUT2D eigenvalue weighted by Gasteiger charge is -2.49. The topological polar surface area (TPSA) is 102 Å². The van der Waals surface area contributed by atoms with E-state index in [2.05, 4.69) is 9.97 Å². The van der Waals surface area contributed by atoms with Gasteiger partial charge in [-0.1, -0.05) is 13.8 Å². The number of nitrogens with zero attached hydrogens (tertiary/aromatic N) is 4. The summed E-state index contributed by atoms with van der Waals surface area (Å²) in [6.07, 6.45) is 1.22. The maximum absolute atomic E-state index is 11.1. The van der Waals surface area contributed by atoms with Gasteiger partial charge in [0.2, 0.25) is 5.82 Å². The fourth-order valence-electron chi connectivity index (χ4n) is 2.02. The standard InChI is InChI=1S/C11H16N4O4/c1-7(2)11(16)4-14(5-11)9-8(15(17)18)10(19-3)13-6-12-9/h6-7,16H,4-5H2,1-3H3. The van der Waals surface area contributed by atoms with E-state index in [0.29, 0.717) is 13.1 Å². The van der Waals surface area contributed by atoms with Crippen molar-refractivity contribution < 1.29 is 14.8 Å². The maximum Gasteiger partial charge on any atom is 0.372 e. The minimum Gasteiger partial charge on any atom is -0.476 e. The van der Waals surface area contributed by atoms with Gasteiger partial charge in [0.05, 0.1) is 25.1 Å². The van der Waals surface area contributed by atoms with Gasteiger partial charge < -0.3 is 14.7 Å². The monoisotopic (exact) mass is 268 g/mol. The summed E-state index contributed by atoms with van der Waals surface area (Å²) in [4.78, 5) is 19.8. The van der Waals surface area contributed by atoms with E-state index in [0.717, 1.165) is 0 Å². The van der Waals surface area contributed by atoms with E-state index in [1.807, 2.05) is 13.8 Å². The Kier molecular flexibility index (Phi) is 3.27. The highest BCUT2D eigenvalue weighted by Crippen LogP contribution is 2.39. The zero-order chi connectivity index (χ0) is 14.2. The molecule has 0 bridgehead atoms. The van der Waals surface area contributed by atoms with Crippen molar-refractivity contribution in [2.24, 2.45) is 5.92 Å². The molecule has 1 N–H and O–H groups in total. The van der Waals surface area contributed by atoms with Crippen molar-refractivity contribution >= 4 is 11.5 Å². The first-order valence-corrected chi connectivity index (χ1v) is 5.89. The van der Waals surface area contributed by atoms with Crippen molar-refractivity contribution in [1.82, 2.24) is 9.97 Å². The fraction of sp³-hybridized carbons (Fsp3) is 0.636. The Hall–Kier alpha value is -1.96. The molecule has 0 saturated carbocycles. The van der Waals surface area contributed by atoms with E-state index < -0.39 is 10.5 Å². The third kappa shape index (κ3) is 2.19. The number of aliphatic hydroxyl groups is 1. The summed E-state index contributed by atoms with van der Waals surface area (Å²) in [5, 5.41) is 21.3. The van der Waals surface area contributed by atoms with E-state index in [1.54, 1.807) is 4.90 Å². The van der Waals surface area contributed by atoms with Gasteiger partial charge in [0.25, 0.3) is 5.88 Å². The van der Waals surface area contributed by atoms with Crippen LogP contribution in [0.15, 0.2) is 6.33 Å². The lowest BCUT2D eigenvalue weighted by molar-refractivity contribution is -0.385. The third-order valence-corrected chi connectivity index (χ3v) is 3.45. The predicted molar refractivity (Wildman–Crippen MR) is 67.2 cm³/mol. The molecule has 1 fully saturated rings.